The SMILES string of the molecule is CCC1C(N)Oc2ccccc2N1CC(F)(F)F. The van der Waals surface area contributed by atoms with Crippen molar-refractivity contribution in [3.8, 4) is 5.75 Å². The smallest absolute Gasteiger partial charge is 0.405 e. The van der Waals surface area contributed by atoms with Crippen molar-refractivity contribution < 1.29 is 17.9 Å². The maximum Gasteiger partial charge on any atom is 0.405 e. The quantitative estimate of drug-likeness (QED) is 0.888. The summed E-state index contributed by atoms with van der Waals surface area (Å²) >= 11 is 0. The Labute approximate surface area is 103 Å². The third-order valence-electron chi connectivity index (χ3n) is 2.99. The first kappa shape index (κ1) is 13.0. The Morgan fingerprint density at radius 1 is 1.33 bits per heavy atom. The number of anilines is 1. The van der Waals surface area contributed by atoms with E-state index in [1.54, 1.807) is 31.2 Å². The summed E-state index contributed by atoms with van der Waals surface area (Å²) in [4.78, 5) is 1.28. The lowest BCUT2D eigenvalue weighted by Gasteiger charge is -2.41. The van der Waals surface area contributed by atoms with Gasteiger partial charge in [0.2, 0.25) is 0 Å². The number of para-hydroxylation sites is 2. The van der Waals surface area contributed by atoms with Crippen molar-refractivity contribution >= 4 is 5.69 Å². The van der Waals surface area contributed by atoms with Crippen LogP contribution >= 0.6 is 0 Å². The first-order valence-electron chi connectivity index (χ1n) is 5.77. The fourth-order valence-corrected chi connectivity index (χ4v) is 2.22. The molecule has 1 aliphatic rings. The molecule has 2 atom stereocenters. The zero-order chi connectivity index (χ0) is 13.3. The van der Waals surface area contributed by atoms with Crippen molar-refractivity contribution in [3.63, 3.8) is 0 Å². The van der Waals surface area contributed by atoms with Gasteiger partial charge in [-0.2, -0.15) is 13.2 Å². The zero-order valence-corrected chi connectivity index (χ0v) is 9.95. The third kappa shape index (κ3) is 2.53. The molecule has 0 radical (unpaired) electrons. The average Bonchev–Trinajstić information content (AvgIpc) is 2.27. The molecule has 3 nitrogen and oxygen atoms in total. The van der Waals surface area contributed by atoms with Gasteiger partial charge in [-0.15, -0.1) is 0 Å². The number of ether oxygens (including phenoxy) is 1. The number of hydrogen-bond donors (Lipinski definition) is 1. The van der Waals surface area contributed by atoms with Gasteiger partial charge in [0.05, 0.1) is 11.7 Å². The Morgan fingerprint density at radius 3 is 2.61 bits per heavy atom. The second kappa shape index (κ2) is 4.68. The Balaban J connectivity index is 2.38. The van der Waals surface area contributed by atoms with Crippen molar-refractivity contribution in [2.24, 2.45) is 5.73 Å². The number of hydrogen-bond acceptors (Lipinski definition) is 3. The molecule has 0 saturated carbocycles. The van der Waals surface area contributed by atoms with E-state index in [9.17, 15) is 13.2 Å². The molecule has 1 aliphatic heterocycles. The Hall–Kier alpha value is -1.43. The van der Waals surface area contributed by atoms with E-state index in [1.807, 2.05) is 0 Å². The van der Waals surface area contributed by atoms with E-state index in [4.69, 9.17) is 10.5 Å². The third-order valence-corrected chi connectivity index (χ3v) is 2.99. The molecule has 1 aromatic rings. The number of rotatable bonds is 2. The normalized spacial score (nSPS) is 23.5. The highest BCUT2D eigenvalue weighted by molar-refractivity contribution is 5.61. The van der Waals surface area contributed by atoms with Gasteiger partial charge < -0.3 is 9.64 Å². The molecule has 1 heterocycles. The van der Waals surface area contributed by atoms with E-state index >= 15 is 0 Å². The zero-order valence-electron chi connectivity index (χ0n) is 9.95. The van der Waals surface area contributed by atoms with Crippen LogP contribution in [0.5, 0.6) is 5.75 Å². The van der Waals surface area contributed by atoms with Crippen LogP contribution in [0.15, 0.2) is 24.3 Å². The molecule has 1 aromatic carbocycles. The number of halogens is 3. The summed E-state index contributed by atoms with van der Waals surface area (Å²) < 4.78 is 43.4. The number of nitrogens with zero attached hydrogens (tertiary/aromatic N) is 1. The molecule has 0 spiro atoms. The number of fused-ring (bicyclic) bond motifs is 1. The van der Waals surface area contributed by atoms with E-state index in [0.29, 0.717) is 17.9 Å². The number of benzene rings is 1. The number of alkyl halides is 3. The lowest BCUT2D eigenvalue weighted by Crippen LogP contribution is -2.56. The molecular formula is C12H15F3N2O. The first-order chi connectivity index (χ1) is 8.42. The first-order valence-corrected chi connectivity index (χ1v) is 5.77. The van der Waals surface area contributed by atoms with Gasteiger partial charge in [0.25, 0.3) is 0 Å². The van der Waals surface area contributed by atoms with Crippen LogP contribution in [0.1, 0.15) is 13.3 Å². The summed E-state index contributed by atoms with van der Waals surface area (Å²) in [6.07, 6.45) is -4.52. The van der Waals surface area contributed by atoms with Crippen LogP contribution in [0.3, 0.4) is 0 Å². The second-order valence-corrected chi connectivity index (χ2v) is 4.27. The van der Waals surface area contributed by atoms with Crippen molar-refractivity contribution in [3.05, 3.63) is 24.3 Å². The monoisotopic (exact) mass is 260 g/mol. The maximum absolute atomic E-state index is 12.6. The van der Waals surface area contributed by atoms with Crippen molar-refractivity contribution in [1.82, 2.24) is 0 Å². The predicted octanol–water partition coefficient (Wildman–Crippen LogP) is 2.51. The summed E-state index contributed by atoms with van der Waals surface area (Å²) in [5.74, 6) is 0.402. The molecule has 0 amide bonds. The van der Waals surface area contributed by atoms with E-state index in [0.717, 1.165) is 0 Å². The molecule has 0 fully saturated rings. The average molecular weight is 260 g/mol. The minimum atomic E-state index is -4.27. The Kier molecular flexibility index (Phi) is 3.38. The number of nitrogens with two attached hydrogens (primary N) is 1. The van der Waals surface area contributed by atoms with Crippen molar-refractivity contribution in [2.45, 2.75) is 31.8 Å². The summed E-state index contributed by atoms with van der Waals surface area (Å²) in [5, 5.41) is 0. The highest BCUT2D eigenvalue weighted by Gasteiger charge is 2.39. The second-order valence-electron chi connectivity index (χ2n) is 4.27. The molecular weight excluding hydrogens is 245 g/mol. The molecule has 0 aromatic heterocycles. The topological polar surface area (TPSA) is 38.5 Å². The standard InChI is InChI=1S/C12H15F3N2O/c1-2-8-11(16)18-10-6-4-3-5-9(10)17(8)7-12(13,14)15/h3-6,8,11H,2,7,16H2,1H3. The van der Waals surface area contributed by atoms with E-state index in [1.165, 1.54) is 4.90 Å². The molecule has 100 valence electrons. The van der Waals surface area contributed by atoms with Gasteiger partial charge in [0.1, 0.15) is 12.3 Å². The molecule has 6 heteroatoms. The molecule has 18 heavy (non-hydrogen) atoms. The van der Waals surface area contributed by atoms with Gasteiger partial charge in [0.15, 0.2) is 6.23 Å². The lowest BCUT2D eigenvalue weighted by atomic mass is 10.1. The van der Waals surface area contributed by atoms with Gasteiger partial charge in [-0.1, -0.05) is 19.1 Å². The van der Waals surface area contributed by atoms with E-state index in [2.05, 4.69) is 0 Å². The predicted molar refractivity (Wildman–Crippen MR) is 62.5 cm³/mol. The van der Waals surface area contributed by atoms with E-state index < -0.39 is 25.0 Å². The van der Waals surface area contributed by atoms with Crippen LogP contribution in [-0.2, 0) is 0 Å². The van der Waals surface area contributed by atoms with Crippen LogP contribution < -0.4 is 15.4 Å². The van der Waals surface area contributed by atoms with Gasteiger partial charge in [-0.3, -0.25) is 5.73 Å². The van der Waals surface area contributed by atoms with E-state index in [-0.39, 0.29) is 0 Å². The summed E-state index contributed by atoms with van der Waals surface area (Å²) in [5.41, 5.74) is 6.23. The molecule has 0 bridgehead atoms. The van der Waals surface area contributed by atoms with Gasteiger partial charge in [-0.25, -0.2) is 0 Å². The Morgan fingerprint density at radius 2 is 2.00 bits per heavy atom. The molecule has 2 N–H and O–H groups in total. The van der Waals surface area contributed by atoms with Crippen LogP contribution in [-0.4, -0.2) is 25.0 Å². The van der Waals surface area contributed by atoms with Gasteiger partial charge >= 0.3 is 6.18 Å². The van der Waals surface area contributed by atoms with Crippen LogP contribution in [0.25, 0.3) is 0 Å². The Bertz CT molecular complexity index is 422. The largest absolute Gasteiger partial charge is 0.471 e. The summed E-state index contributed by atoms with van der Waals surface area (Å²) in [6, 6.07) is 6.18. The van der Waals surface area contributed by atoms with Crippen molar-refractivity contribution in [2.75, 3.05) is 11.4 Å². The van der Waals surface area contributed by atoms with Crippen LogP contribution in [0, 0.1) is 0 Å². The van der Waals surface area contributed by atoms with Crippen LogP contribution in [0.4, 0.5) is 18.9 Å². The van der Waals surface area contributed by atoms with Gasteiger partial charge in [-0.05, 0) is 18.6 Å². The lowest BCUT2D eigenvalue weighted by molar-refractivity contribution is -0.122. The molecule has 2 rings (SSSR count). The summed E-state index contributed by atoms with van der Waals surface area (Å²) in [7, 11) is 0. The highest BCUT2D eigenvalue weighted by atomic mass is 19.4. The van der Waals surface area contributed by atoms with Gasteiger partial charge in [0, 0.05) is 0 Å². The summed E-state index contributed by atoms with van der Waals surface area (Å²) in [6.45, 7) is 0.783. The maximum atomic E-state index is 12.6. The minimum absolute atomic E-state index is 0.402. The molecule has 0 aliphatic carbocycles. The fraction of sp³-hybridized carbons (Fsp3) is 0.500. The molecule has 2 unspecified atom stereocenters. The van der Waals surface area contributed by atoms with Crippen molar-refractivity contribution in [1.29, 1.82) is 0 Å². The highest BCUT2D eigenvalue weighted by Crippen LogP contribution is 2.37. The minimum Gasteiger partial charge on any atom is -0.471 e. The van der Waals surface area contributed by atoms with Crippen LogP contribution in [0.2, 0.25) is 0 Å². The molecule has 0 saturated heterocycles. The fourth-order valence-electron chi connectivity index (χ4n) is 2.22.